The average molecular weight is 324 g/mol. The average Bonchev–Trinajstić information content (AvgIpc) is 3.03. The molecule has 0 aromatic carbocycles. The van der Waals surface area contributed by atoms with Gasteiger partial charge in [-0.05, 0) is 51.7 Å². The first kappa shape index (κ1) is 18.0. The van der Waals surface area contributed by atoms with Gasteiger partial charge in [0, 0.05) is 31.6 Å². The van der Waals surface area contributed by atoms with Crippen molar-refractivity contribution in [1.29, 1.82) is 0 Å². The summed E-state index contributed by atoms with van der Waals surface area (Å²) in [6, 6.07) is 0.385. The van der Waals surface area contributed by atoms with Gasteiger partial charge in [0.15, 0.2) is 0 Å². The molecule has 0 aromatic rings. The molecule has 118 valence electrons. The van der Waals surface area contributed by atoms with E-state index in [1.165, 1.54) is 12.8 Å². The molecule has 0 radical (unpaired) electrons. The fourth-order valence-corrected chi connectivity index (χ4v) is 3.84. The largest absolute Gasteiger partial charge is 0.337 e. The van der Waals surface area contributed by atoms with Crippen molar-refractivity contribution in [2.24, 2.45) is 11.3 Å². The second-order valence-corrected chi connectivity index (χ2v) is 6.51. The number of hydrogen-bond acceptors (Lipinski definition) is 3. The monoisotopic (exact) mass is 323 g/mol. The molecule has 2 heterocycles. The van der Waals surface area contributed by atoms with E-state index in [0.717, 1.165) is 39.1 Å². The first-order valence-corrected chi connectivity index (χ1v) is 7.32. The predicted octanol–water partition coefficient (Wildman–Crippen LogP) is 1.38. The maximum absolute atomic E-state index is 12.6. The SMILES string of the molecule is CC1CN(C)CCN1C(=O)C1CC12CCNCC2.Cl.Cl. The topological polar surface area (TPSA) is 35.6 Å². The van der Waals surface area contributed by atoms with Gasteiger partial charge in [0.1, 0.15) is 0 Å². The quantitative estimate of drug-likeness (QED) is 0.792. The minimum absolute atomic E-state index is 0. The lowest BCUT2D eigenvalue weighted by Gasteiger charge is -2.39. The number of carbonyl (C=O) groups is 1. The van der Waals surface area contributed by atoms with E-state index in [2.05, 4.69) is 29.1 Å². The van der Waals surface area contributed by atoms with Crippen LogP contribution in [0.5, 0.6) is 0 Å². The van der Waals surface area contributed by atoms with Gasteiger partial charge in [-0.3, -0.25) is 4.79 Å². The molecule has 3 rings (SSSR count). The number of nitrogens with zero attached hydrogens (tertiary/aromatic N) is 2. The molecule has 1 aliphatic carbocycles. The summed E-state index contributed by atoms with van der Waals surface area (Å²) >= 11 is 0. The van der Waals surface area contributed by atoms with Gasteiger partial charge in [-0.1, -0.05) is 0 Å². The molecule has 1 spiro atoms. The highest BCUT2D eigenvalue weighted by atomic mass is 35.5. The Morgan fingerprint density at radius 3 is 2.45 bits per heavy atom. The molecule has 2 saturated heterocycles. The number of halogens is 2. The summed E-state index contributed by atoms with van der Waals surface area (Å²) in [6.45, 7) is 7.35. The number of rotatable bonds is 1. The number of carbonyl (C=O) groups excluding carboxylic acids is 1. The third-order valence-corrected chi connectivity index (χ3v) is 5.20. The molecule has 4 nitrogen and oxygen atoms in total. The summed E-state index contributed by atoms with van der Waals surface area (Å²) < 4.78 is 0. The Balaban J connectivity index is 0.000001000. The highest BCUT2D eigenvalue weighted by molar-refractivity contribution is 5.85. The lowest BCUT2D eigenvalue weighted by atomic mass is 9.91. The Hall–Kier alpha value is -0.0300. The van der Waals surface area contributed by atoms with E-state index in [0.29, 0.717) is 23.3 Å². The standard InChI is InChI=1S/C14H25N3O.2ClH/c1-11-10-16(2)7-8-17(11)13(18)12-9-14(12)3-5-15-6-4-14;;/h11-12,15H,3-10H2,1-2H3;2*1H. The third kappa shape index (κ3) is 3.24. The van der Waals surface area contributed by atoms with Crippen LogP contribution in [0, 0.1) is 11.3 Å². The van der Waals surface area contributed by atoms with Gasteiger partial charge in [-0.2, -0.15) is 0 Å². The molecule has 2 unspecified atom stereocenters. The lowest BCUT2D eigenvalue weighted by molar-refractivity contribution is -0.137. The van der Waals surface area contributed by atoms with E-state index in [9.17, 15) is 4.79 Å². The van der Waals surface area contributed by atoms with Crippen LogP contribution < -0.4 is 5.32 Å². The smallest absolute Gasteiger partial charge is 0.226 e. The fourth-order valence-electron chi connectivity index (χ4n) is 3.84. The molecule has 3 aliphatic rings. The Morgan fingerprint density at radius 1 is 1.20 bits per heavy atom. The minimum atomic E-state index is 0. The molecule has 1 N–H and O–H groups in total. The van der Waals surface area contributed by atoms with Crippen LogP contribution in [-0.4, -0.2) is 61.5 Å². The van der Waals surface area contributed by atoms with Gasteiger partial charge in [0.2, 0.25) is 5.91 Å². The second-order valence-electron chi connectivity index (χ2n) is 6.51. The van der Waals surface area contributed by atoms with Crippen LogP contribution >= 0.6 is 24.8 Å². The Kier molecular flexibility index (Phi) is 6.14. The van der Waals surface area contributed by atoms with Gasteiger partial charge in [0.05, 0.1) is 0 Å². The summed E-state index contributed by atoms with van der Waals surface area (Å²) in [4.78, 5) is 17.1. The first-order chi connectivity index (χ1) is 8.62. The van der Waals surface area contributed by atoms with E-state index in [-0.39, 0.29) is 24.8 Å². The molecule has 6 heteroatoms. The molecule has 3 fully saturated rings. The van der Waals surface area contributed by atoms with Crippen molar-refractivity contribution in [2.45, 2.75) is 32.2 Å². The number of amides is 1. The number of nitrogens with one attached hydrogen (secondary N) is 1. The van der Waals surface area contributed by atoms with Crippen molar-refractivity contribution in [2.75, 3.05) is 39.8 Å². The number of piperazine rings is 1. The van der Waals surface area contributed by atoms with Crippen molar-refractivity contribution in [3.8, 4) is 0 Å². The van der Waals surface area contributed by atoms with Gasteiger partial charge in [-0.25, -0.2) is 0 Å². The van der Waals surface area contributed by atoms with Crippen LogP contribution in [-0.2, 0) is 4.79 Å². The zero-order valence-electron chi connectivity index (χ0n) is 12.4. The molecule has 1 amide bonds. The molecular formula is C14H27Cl2N3O. The van der Waals surface area contributed by atoms with E-state index >= 15 is 0 Å². The van der Waals surface area contributed by atoms with Gasteiger partial charge in [0.25, 0.3) is 0 Å². The number of piperidine rings is 1. The molecular weight excluding hydrogens is 297 g/mol. The summed E-state index contributed by atoms with van der Waals surface area (Å²) in [7, 11) is 2.14. The highest BCUT2D eigenvalue weighted by Gasteiger charge is 2.58. The summed E-state index contributed by atoms with van der Waals surface area (Å²) in [6.07, 6.45) is 3.55. The second kappa shape index (κ2) is 6.82. The third-order valence-electron chi connectivity index (χ3n) is 5.20. The van der Waals surface area contributed by atoms with Crippen molar-refractivity contribution < 1.29 is 4.79 Å². The predicted molar refractivity (Wildman–Crippen MR) is 85.8 cm³/mol. The van der Waals surface area contributed by atoms with Gasteiger partial charge < -0.3 is 15.1 Å². The van der Waals surface area contributed by atoms with E-state index in [1.54, 1.807) is 0 Å². The van der Waals surface area contributed by atoms with E-state index in [1.807, 2.05) is 0 Å². The Labute approximate surface area is 134 Å². The fraction of sp³-hybridized carbons (Fsp3) is 0.929. The molecule has 0 bridgehead atoms. The van der Waals surface area contributed by atoms with Crippen molar-refractivity contribution >= 4 is 30.7 Å². The molecule has 1 saturated carbocycles. The highest BCUT2D eigenvalue weighted by Crippen LogP contribution is 2.59. The van der Waals surface area contributed by atoms with Crippen LogP contribution in [0.3, 0.4) is 0 Å². The van der Waals surface area contributed by atoms with E-state index in [4.69, 9.17) is 0 Å². The van der Waals surface area contributed by atoms with E-state index < -0.39 is 0 Å². The van der Waals surface area contributed by atoms with Crippen LogP contribution in [0.15, 0.2) is 0 Å². The molecule has 2 atom stereocenters. The normalized spacial score (nSPS) is 32.2. The maximum atomic E-state index is 12.6. The Morgan fingerprint density at radius 2 is 1.85 bits per heavy atom. The summed E-state index contributed by atoms with van der Waals surface area (Å²) in [5.74, 6) is 0.781. The van der Waals surface area contributed by atoms with Crippen LogP contribution in [0.4, 0.5) is 0 Å². The van der Waals surface area contributed by atoms with Crippen LogP contribution in [0.25, 0.3) is 0 Å². The maximum Gasteiger partial charge on any atom is 0.226 e. The summed E-state index contributed by atoms with van der Waals surface area (Å²) in [5.41, 5.74) is 0.380. The summed E-state index contributed by atoms with van der Waals surface area (Å²) in [5, 5.41) is 3.40. The van der Waals surface area contributed by atoms with Crippen LogP contribution in [0.2, 0.25) is 0 Å². The first-order valence-electron chi connectivity index (χ1n) is 7.32. The van der Waals surface area contributed by atoms with Crippen molar-refractivity contribution in [3.63, 3.8) is 0 Å². The molecule has 20 heavy (non-hydrogen) atoms. The Bertz CT molecular complexity index is 347. The van der Waals surface area contributed by atoms with Gasteiger partial charge in [-0.15, -0.1) is 24.8 Å². The molecule has 0 aromatic heterocycles. The van der Waals surface area contributed by atoms with Gasteiger partial charge >= 0.3 is 0 Å². The zero-order valence-corrected chi connectivity index (χ0v) is 14.1. The molecule has 2 aliphatic heterocycles. The number of hydrogen-bond donors (Lipinski definition) is 1. The minimum Gasteiger partial charge on any atom is -0.337 e. The number of likely N-dealkylation sites (N-methyl/N-ethyl adjacent to an activating group) is 1. The van der Waals surface area contributed by atoms with Crippen LogP contribution in [0.1, 0.15) is 26.2 Å². The lowest BCUT2D eigenvalue weighted by Crippen LogP contribution is -2.53. The zero-order chi connectivity index (χ0) is 12.8. The van der Waals surface area contributed by atoms with Crippen molar-refractivity contribution in [1.82, 2.24) is 15.1 Å². The van der Waals surface area contributed by atoms with Crippen molar-refractivity contribution in [3.05, 3.63) is 0 Å².